The molecule has 3 heteroatoms. The predicted molar refractivity (Wildman–Crippen MR) is 46.9 cm³/mol. The molecule has 0 unspecified atom stereocenters. The van der Waals surface area contributed by atoms with Crippen molar-refractivity contribution in [1.29, 1.82) is 0 Å². The van der Waals surface area contributed by atoms with E-state index in [-0.39, 0.29) is 12.1 Å². The number of hydrogen-bond acceptors (Lipinski definition) is 3. The third-order valence-corrected chi connectivity index (χ3v) is 1.26. The third kappa shape index (κ3) is 5.92. The molecule has 0 amide bonds. The van der Waals surface area contributed by atoms with Gasteiger partial charge in [0.15, 0.2) is 0 Å². The minimum Gasteiger partial charge on any atom is -0.466 e. The molecule has 1 atom stereocenters. The highest BCUT2D eigenvalue weighted by Crippen LogP contribution is 1.99. The van der Waals surface area contributed by atoms with Crippen molar-refractivity contribution < 1.29 is 14.3 Å². The summed E-state index contributed by atoms with van der Waals surface area (Å²) in [5.41, 5.74) is 0. The molecule has 3 nitrogen and oxygen atoms in total. The minimum atomic E-state index is -0.214. The second-order valence-electron chi connectivity index (χ2n) is 2.44. The first kappa shape index (κ1) is 11.2. The van der Waals surface area contributed by atoms with Crippen LogP contribution >= 0.6 is 0 Å². The first-order chi connectivity index (χ1) is 5.70. The zero-order valence-corrected chi connectivity index (χ0v) is 7.71. The smallest absolute Gasteiger partial charge is 0.308 e. The lowest BCUT2D eigenvalue weighted by atomic mass is 10.3. The van der Waals surface area contributed by atoms with E-state index in [2.05, 4.69) is 6.58 Å². The Bertz CT molecular complexity index is 143. The lowest BCUT2D eigenvalue weighted by Gasteiger charge is -2.09. The number of hydrogen-bond donors (Lipinski definition) is 0. The van der Waals surface area contributed by atoms with Crippen molar-refractivity contribution in [3.8, 4) is 0 Å². The molecule has 70 valence electrons. The maximum Gasteiger partial charge on any atom is 0.308 e. The van der Waals surface area contributed by atoms with E-state index in [4.69, 9.17) is 9.47 Å². The first-order valence-electron chi connectivity index (χ1n) is 4.08. The normalized spacial score (nSPS) is 12.2. The van der Waals surface area contributed by atoms with Gasteiger partial charge in [-0.05, 0) is 13.8 Å². The Morgan fingerprint density at radius 1 is 1.67 bits per heavy atom. The van der Waals surface area contributed by atoms with Crippen molar-refractivity contribution in [3.63, 3.8) is 0 Å². The Labute approximate surface area is 73.4 Å². The molecule has 0 radical (unpaired) electrons. The standard InChI is InChI=1S/C9H16O3/c1-4-6-12-8(3)7-9(10)11-5-2/h4,8H,1,5-7H2,2-3H3/t8-/m1/s1. The van der Waals surface area contributed by atoms with Gasteiger partial charge < -0.3 is 9.47 Å². The van der Waals surface area contributed by atoms with Crippen LogP contribution in [0.2, 0.25) is 0 Å². The lowest BCUT2D eigenvalue weighted by Crippen LogP contribution is -2.16. The molecular formula is C9H16O3. The van der Waals surface area contributed by atoms with Gasteiger partial charge in [-0.2, -0.15) is 0 Å². The predicted octanol–water partition coefficient (Wildman–Crippen LogP) is 1.53. The third-order valence-electron chi connectivity index (χ3n) is 1.26. The zero-order valence-electron chi connectivity index (χ0n) is 7.71. The van der Waals surface area contributed by atoms with E-state index in [1.54, 1.807) is 13.0 Å². The van der Waals surface area contributed by atoms with Crippen molar-refractivity contribution in [3.05, 3.63) is 12.7 Å². The lowest BCUT2D eigenvalue weighted by molar-refractivity contribution is -0.145. The number of esters is 1. The van der Waals surface area contributed by atoms with Gasteiger partial charge in [0, 0.05) is 0 Å². The average molecular weight is 172 g/mol. The summed E-state index contributed by atoms with van der Waals surface area (Å²) in [4.78, 5) is 10.9. The van der Waals surface area contributed by atoms with E-state index < -0.39 is 0 Å². The van der Waals surface area contributed by atoms with Crippen molar-refractivity contribution in [2.75, 3.05) is 13.2 Å². The van der Waals surface area contributed by atoms with Crippen LogP contribution < -0.4 is 0 Å². The van der Waals surface area contributed by atoms with Crippen molar-refractivity contribution >= 4 is 5.97 Å². The molecule has 0 aliphatic heterocycles. The van der Waals surface area contributed by atoms with Gasteiger partial charge >= 0.3 is 5.97 Å². The van der Waals surface area contributed by atoms with Gasteiger partial charge in [-0.3, -0.25) is 4.79 Å². The SMILES string of the molecule is C=CCO[C@H](C)CC(=O)OCC. The molecule has 0 fully saturated rings. The molecule has 0 heterocycles. The summed E-state index contributed by atoms with van der Waals surface area (Å²) in [6, 6.07) is 0. The van der Waals surface area contributed by atoms with Gasteiger partial charge in [-0.15, -0.1) is 6.58 Å². The summed E-state index contributed by atoms with van der Waals surface area (Å²) >= 11 is 0. The summed E-state index contributed by atoms with van der Waals surface area (Å²) in [6.07, 6.45) is 1.87. The Hall–Kier alpha value is -0.830. The molecule has 0 saturated carbocycles. The molecule has 0 bridgehead atoms. The maximum atomic E-state index is 10.9. The topological polar surface area (TPSA) is 35.5 Å². The molecule has 0 aliphatic rings. The summed E-state index contributed by atoms with van der Waals surface area (Å²) in [6.45, 7) is 8.02. The van der Waals surface area contributed by atoms with Crippen molar-refractivity contribution in [2.24, 2.45) is 0 Å². The quantitative estimate of drug-likeness (QED) is 0.450. The summed E-state index contributed by atoms with van der Waals surface area (Å²) in [7, 11) is 0. The minimum absolute atomic E-state index is 0.0953. The van der Waals surface area contributed by atoms with Crippen LogP contribution in [0.3, 0.4) is 0 Å². The largest absolute Gasteiger partial charge is 0.466 e. The molecule has 0 aromatic rings. The molecule has 0 aliphatic carbocycles. The highest BCUT2D eigenvalue weighted by atomic mass is 16.5. The number of carbonyl (C=O) groups is 1. The van der Waals surface area contributed by atoms with Gasteiger partial charge in [0.25, 0.3) is 0 Å². The molecule has 0 N–H and O–H groups in total. The summed E-state index contributed by atoms with van der Waals surface area (Å²) in [5.74, 6) is -0.214. The van der Waals surface area contributed by atoms with Gasteiger partial charge in [0.2, 0.25) is 0 Å². The van der Waals surface area contributed by atoms with Crippen LogP contribution in [0.4, 0.5) is 0 Å². The Kier molecular flexibility index (Phi) is 6.38. The van der Waals surface area contributed by atoms with Crippen LogP contribution in [0, 0.1) is 0 Å². The zero-order chi connectivity index (χ0) is 9.40. The second kappa shape index (κ2) is 6.85. The van der Waals surface area contributed by atoms with Gasteiger partial charge in [-0.25, -0.2) is 0 Å². The van der Waals surface area contributed by atoms with Crippen molar-refractivity contribution in [1.82, 2.24) is 0 Å². The summed E-state index contributed by atoms with van der Waals surface area (Å²) < 4.78 is 9.94. The molecule has 0 rings (SSSR count). The number of ether oxygens (including phenoxy) is 2. The second-order valence-corrected chi connectivity index (χ2v) is 2.44. The fourth-order valence-electron chi connectivity index (χ4n) is 0.746. The van der Waals surface area contributed by atoms with Crippen LogP contribution in [0.25, 0.3) is 0 Å². The van der Waals surface area contributed by atoms with Crippen LogP contribution in [0.5, 0.6) is 0 Å². The molecule has 0 saturated heterocycles. The van der Waals surface area contributed by atoms with E-state index in [1.165, 1.54) is 0 Å². The Morgan fingerprint density at radius 2 is 2.33 bits per heavy atom. The monoisotopic (exact) mass is 172 g/mol. The number of rotatable bonds is 6. The Balaban J connectivity index is 3.46. The van der Waals surface area contributed by atoms with E-state index in [0.29, 0.717) is 19.6 Å². The molecular weight excluding hydrogens is 156 g/mol. The molecule has 0 aromatic carbocycles. The van der Waals surface area contributed by atoms with E-state index in [1.807, 2.05) is 6.92 Å². The fraction of sp³-hybridized carbons (Fsp3) is 0.667. The van der Waals surface area contributed by atoms with E-state index >= 15 is 0 Å². The van der Waals surface area contributed by atoms with Crippen molar-refractivity contribution in [2.45, 2.75) is 26.4 Å². The van der Waals surface area contributed by atoms with Crippen LogP contribution in [-0.4, -0.2) is 25.3 Å². The molecule has 0 aromatic heterocycles. The van der Waals surface area contributed by atoms with Gasteiger partial charge in [-0.1, -0.05) is 6.08 Å². The highest BCUT2D eigenvalue weighted by molar-refractivity contribution is 5.69. The first-order valence-corrected chi connectivity index (χ1v) is 4.08. The molecule has 12 heavy (non-hydrogen) atoms. The molecule has 0 spiro atoms. The highest BCUT2D eigenvalue weighted by Gasteiger charge is 2.08. The average Bonchev–Trinajstić information content (AvgIpc) is 2.01. The van der Waals surface area contributed by atoms with Crippen LogP contribution in [0.15, 0.2) is 12.7 Å². The van der Waals surface area contributed by atoms with E-state index in [0.717, 1.165) is 0 Å². The van der Waals surface area contributed by atoms with E-state index in [9.17, 15) is 4.79 Å². The van der Waals surface area contributed by atoms with Gasteiger partial charge in [0.05, 0.1) is 25.7 Å². The van der Waals surface area contributed by atoms with Crippen LogP contribution in [0.1, 0.15) is 20.3 Å². The van der Waals surface area contributed by atoms with Gasteiger partial charge in [0.1, 0.15) is 0 Å². The van der Waals surface area contributed by atoms with Crippen LogP contribution in [-0.2, 0) is 14.3 Å². The fourth-order valence-corrected chi connectivity index (χ4v) is 0.746. The maximum absolute atomic E-state index is 10.9. The Morgan fingerprint density at radius 3 is 2.83 bits per heavy atom. The summed E-state index contributed by atoms with van der Waals surface area (Å²) in [5, 5.41) is 0. The number of carbonyl (C=O) groups excluding carboxylic acids is 1.